The molecule has 5 nitrogen and oxygen atoms in total. The third kappa shape index (κ3) is 5.65. The number of aryl methyl sites for hydroxylation is 1. The first kappa shape index (κ1) is 22.8. The second kappa shape index (κ2) is 9.11. The topological polar surface area (TPSA) is 45.5 Å². The Morgan fingerprint density at radius 3 is 1.74 bits per heavy atom. The van der Waals surface area contributed by atoms with Crippen LogP contribution >= 0.6 is 23.2 Å². The van der Waals surface area contributed by atoms with Gasteiger partial charge in [-0.3, -0.25) is 0 Å². The Labute approximate surface area is 186 Å². The smallest absolute Gasteiger partial charge is 0.435 e. The number of hydrogen-bond acceptors (Lipinski definition) is 4. The van der Waals surface area contributed by atoms with Crippen LogP contribution in [0.15, 0.2) is 58.8 Å². The Morgan fingerprint density at radius 1 is 0.871 bits per heavy atom. The van der Waals surface area contributed by atoms with Crippen LogP contribution in [0.4, 0.5) is 13.2 Å². The zero-order valence-electron chi connectivity index (χ0n) is 16.6. The fourth-order valence-corrected chi connectivity index (χ4v) is 2.72. The molecule has 3 aromatic rings. The van der Waals surface area contributed by atoms with E-state index in [1.54, 1.807) is 55.5 Å². The van der Waals surface area contributed by atoms with E-state index in [4.69, 9.17) is 37.4 Å². The molecule has 0 unspecified atom stereocenters. The molecule has 0 saturated carbocycles. The van der Waals surface area contributed by atoms with Gasteiger partial charge in [0.1, 0.15) is 33.2 Å². The Bertz CT molecular complexity index is 1090. The van der Waals surface area contributed by atoms with Crippen molar-refractivity contribution in [3.05, 3.63) is 70.0 Å². The molecule has 0 bridgehead atoms. The van der Waals surface area contributed by atoms with E-state index in [1.807, 2.05) is 0 Å². The lowest BCUT2D eigenvalue weighted by Crippen LogP contribution is -2.08. The van der Waals surface area contributed by atoms with Crippen molar-refractivity contribution in [3.8, 4) is 28.9 Å². The molecule has 31 heavy (non-hydrogen) atoms. The number of rotatable bonds is 6. The molecule has 3 rings (SSSR count). The number of ether oxygens (including phenoxy) is 3. The highest BCUT2D eigenvalue weighted by atomic mass is 35.5. The normalized spacial score (nSPS) is 11.2. The highest BCUT2D eigenvalue weighted by molar-refractivity contribution is 6.56. The fourth-order valence-electron chi connectivity index (χ4n) is 2.64. The molecule has 164 valence electrons. The van der Waals surface area contributed by atoms with Crippen molar-refractivity contribution >= 4 is 23.2 Å². The van der Waals surface area contributed by atoms with Crippen molar-refractivity contribution < 1.29 is 27.4 Å². The van der Waals surface area contributed by atoms with Gasteiger partial charge in [0, 0.05) is 12.6 Å². The van der Waals surface area contributed by atoms with E-state index < -0.39 is 11.9 Å². The minimum absolute atomic E-state index is 0.0120. The van der Waals surface area contributed by atoms with E-state index in [0.717, 1.165) is 4.68 Å². The number of allylic oxidation sites excluding steroid dienone is 1. The van der Waals surface area contributed by atoms with Crippen molar-refractivity contribution in [2.75, 3.05) is 0 Å². The van der Waals surface area contributed by atoms with Crippen molar-refractivity contribution in [1.82, 2.24) is 9.78 Å². The van der Waals surface area contributed by atoms with Crippen LogP contribution in [0.3, 0.4) is 0 Å². The SMILES string of the molecule is CC(Oc1ccc(Oc2ccc(Oc3c(C)c(C(F)(F)F)nn3C)cc2)cc1)=C(Cl)Cl. The predicted octanol–water partition coefficient (Wildman–Crippen LogP) is 7.38. The standard InChI is InChI=1S/C21H17Cl2F3N2O3/c1-12-18(21(24,25)26)27-28(3)20(12)31-17-10-8-16(9-11-17)30-15-6-4-14(5-7-15)29-13(2)19(22)23/h4-11H,1-3H3. The summed E-state index contributed by atoms with van der Waals surface area (Å²) < 4.78 is 56.9. The Morgan fingerprint density at radius 2 is 1.32 bits per heavy atom. The summed E-state index contributed by atoms with van der Waals surface area (Å²) in [5, 5.41) is 3.50. The largest absolute Gasteiger partial charge is 0.460 e. The molecule has 0 atom stereocenters. The summed E-state index contributed by atoms with van der Waals surface area (Å²) >= 11 is 11.3. The molecule has 0 aliphatic rings. The molecule has 2 aromatic carbocycles. The van der Waals surface area contributed by atoms with E-state index in [9.17, 15) is 13.2 Å². The first-order chi connectivity index (χ1) is 14.5. The van der Waals surface area contributed by atoms with E-state index >= 15 is 0 Å². The van der Waals surface area contributed by atoms with Crippen LogP contribution < -0.4 is 14.2 Å². The molecule has 0 radical (unpaired) electrons. The molecule has 10 heteroatoms. The van der Waals surface area contributed by atoms with Gasteiger partial charge in [0.25, 0.3) is 0 Å². The first-order valence-electron chi connectivity index (χ1n) is 8.91. The molecule has 0 saturated heterocycles. The molecular weight excluding hydrogens is 456 g/mol. The molecule has 0 fully saturated rings. The molecule has 1 heterocycles. The van der Waals surface area contributed by atoms with Crippen molar-refractivity contribution in [3.63, 3.8) is 0 Å². The van der Waals surface area contributed by atoms with E-state index in [1.165, 1.54) is 14.0 Å². The second-order valence-corrected chi connectivity index (χ2v) is 7.42. The average molecular weight is 473 g/mol. The van der Waals surface area contributed by atoms with Gasteiger partial charge < -0.3 is 14.2 Å². The highest BCUT2D eigenvalue weighted by Gasteiger charge is 2.38. The van der Waals surface area contributed by atoms with E-state index in [0.29, 0.717) is 28.8 Å². The van der Waals surface area contributed by atoms with Gasteiger partial charge in [0.15, 0.2) is 5.69 Å². The third-order valence-corrected chi connectivity index (χ3v) is 4.66. The van der Waals surface area contributed by atoms with E-state index in [2.05, 4.69) is 5.10 Å². The van der Waals surface area contributed by atoms with Gasteiger partial charge in [-0.15, -0.1) is 0 Å². The fraction of sp³-hybridized carbons (Fsp3) is 0.190. The van der Waals surface area contributed by atoms with Crippen LogP contribution in [-0.4, -0.2) is 9.78 Å². The molecule has 0 aliphatic heterocycles. The number of benzene rings is 2. The van der Waals surface area contributed by atoms with Gasteiger partial charge in [0.05, 0.1) is 0 Å². The van der Waals surface area contributed by atoms with Gasteiger partial charge in [-0.05, 0) is 62.4 Å². The highest BCUT2D eigenvalue weighted by Crippen LogP contribution is 2.36. The summed E-state index contributed by atoms with van der Waals surface area (Å²) in [6.45, 7) is 2.95. The number of alkyl halides is 3. The first-order valence-corrected chi connectivity index (χ1v) is 9.66. The second-order valence-electron chi connectivity index (χ2n) is 6.47. The van der Waals surface area contributed by atoms with Crippen LogP contribution in [0.2, 0.25) is 0 Å². The summed E-state index contributed by atoms with van der Waals surface area (Å²) in [4.78, 5) is 0. The lowest BCUT2D eigenvalue weighted by atomic mass is 10.2. The lowest BCUT2D eigenvalue weighted by molar-refractivity contribution is -0.141. The molecule has 0 N–H and O–H groups in total. The maximum atomic E-state index is 13.0. The maximum absolute atomic E-state index is 13.0. The summed E-state index contributed by atoms with van der Waals surface area (Å²) in [5.74, 6) is 2.33. The molecule has 1 aromatic heterocycles. The summed E-state index contributed by atoms with van der Waals surface area (Å²) in [6.07, 6.45) is -4.55. The van der Waals surface area contributed by atoms with Crippen LogP contribution in [0.1, 0.15) is 18.2 Å². The Hall–Kier alpha value is -2.84. The van der Waals surface area contributed by atoms with Crippen molar-refractivity contribution in [1.29, 1.82) is 0 Å². The molecule has 0 spiro atoms. The minimum atomic E-state index is -4.55. The summed E-state index contributed by atoms with van der Waals surface area (Å²) in [6, 6.07) is 13.2. The number of hydrogen-bond donors (Lipinski definition) is 0. The van der Waals surface area contributed by atoms with Crippen molar-refractivity contribution in [2.45, 2.75) is 20.0 Å². The Kier molecular flexibility index (Phi) is 6.71. The zero-order chi connectivity index (χ0) is 22.8. The van der Waals surface area contributed by atoms with Gasteiger partial charge in [0.2, 0.25) is 5.88 Å². The lowest BCUT2D eigenvalue weighted by Gasteiger charge is -2.10. The third-order valence-electron chi connectivity index (χ3n) is 4.12. The molecule has 0 amide bonds. The predicted molar refractivity (Wildman–Crippen MR) is 111 cm³/mol. The van der Waals surface area contributed by atoms with E-state index in [-0.39, 0.29) is 15.9 Å². The molecular formula is C21H17Cl2F3N2O3. The van der Waals surface area contributed by atoms with Gasteiger partial charge in [-0.25, -0.2) is 4.68 Å². The summed E-state index contributed by atoms with van der Waals surface area (Å²) in [5.41, 5.74) is -1.06. The van der Waals surface area contributed by atoms with Crippen LogP contribution in [-0.2, 0) is 13.2 Å². The number of nitrogens with zero attached hydrogens (tertiary/aromatic N) is 2. The maximum Gasteiger partial charge on any atom is 0.435 e. The van der Waals surface area contributed by atoms with Gasteiger partial charge >= 0.3 is 6.18 Å². The van der Waals surface area contributed by atoms with Gasteiger partial charge in [-0.1, -0.05) is 23.2 Å². The molecule has 0 aliphatic carbocycles. The number of aromatic nitrogens is 2. The van der Waals surface area contributed by atoms with Crippen LogP contribution in [0.25, 0.3) is 0 Å². The summed E-state index contributed by atoms with van der Waals surface area (Å²) in [7, 11) is 1.39. The van der Waals surface area contributed by atoms with Gasteiger partial charge in [-0.2, -0.15) is 18.3 Å². The van der Waals surface area contributed by atoms with Crippen LogP contribution in [0.5, 0.6) is 28.9 Å². The Balaban J connectivity index is 1.68. The minimum Gasteiger partial charge on any atom is -0.460 e. The number of halogens is 5. The van der Waals surface area contributed by atoms with Crippen molar-refractivity contribution in [2.24, 2.45) is 7.05 Å². The quantitative estimate of drug-likeness (QED) is 0.351. The average Bonchev–Trinajstić information content (AvgIpc) is 2.99. The monoisotopic (exact) mass is 472 g/mol. The zero-order valence-corrected chi connectivity index (χ0v) is 18.1. The van der Waals surface area contributed by atoms with Crippen LogP contribution in [0, 0.1) is 6.92 Å².